The molecule has 0 radical (unpaired) electrons. The first-order valence-corrected chi connectivity index (χ1v) is 20.9. The molecule has 0 aliphatic heterocycles. The van der Waals surface area contributed by atoms with Crippen molar-refractivity contribution in [3.8, 4) is 40.1 Å². The summed E-state index contributed by atoms with van der Waals surface area (Å²) < 4.78 is 8.52. The van der Waals surface area contributed by atoms with E-state index in [-0.39, 0.29) is 30.0 Å². The molecule has 2 amide bonds. The van der Waals surface area contributed by atoms with Crippen molar-refractivity contribution in [2.45, 2.75) is 13.1 Å². The van der Waals surface area contributed by atoms with E-state index in [1.54, 1.807) is 94.3 Å². The van der Waals surface area contributed by atoms with E-state index in [4.69, 9.17) is 4.74 Å². The maximum Gasteiger partial charge on any atom is 0.323 e. The molecule has 68 heavy (non-hydrogen) atoms. The van der Waals surface area contributed by atoms with Gasteiger partial charge in [-0.05, 0) is 70.8 Å². The van der Waals surface area contributed by atoms with Gasteiger partial charge in [-0.1, -0.05) is 103 Å². The number of nitrogens with zero attached hydrogens (tertiary/aromatic N) is 4. The average molecular weight is 899 g/mol. The molecule has 0 bridgehead atoms. The Morgan fingerprint density at radius 3 is 1.66 bits per heavy atom. The number of fused-ring (bicyclic) bond motifs is 5. The predicted octanol–water partition coefficient (Wildman–Crippen LogP) is 9.43. The minimum Gasteiger partial charge on any atom is -0.495 e. The zero-order valence-electron chi connectivity index (χ0n) is 36.1. The zero-order chi connectivity index (χ0) is 47.9. The van der Waals surface area contributed by atoms with Crippen LogP contribution >= 0.6 is 0 Å². The first kappa shape index (κ1) is 44.8. The molecule has 8 aromatic rings. The van der Waals surface area contributed by atoms with E-state index in [2.05, 4.69) is 10.6 Å². The fraction of sp³-hybridized carbons (Fsp3) is 0.0556. The maximum absolute atomic E-state index is 13.0. The van der Waals surface area contributed by atoms with Crippen LogP contribution in [-0.4, -0.2) is 56.0 Å². The second-order valence-corrected chi connectivity index (χ2v) is 15.4. The fourth-order valence-corrected chi connectivity index (χ4v) is 8.05. The summed E-state index contributed by atoms with van der Waals surface area (Å²) in [6.45, 7) is -0.472. The van der Waals surface area contributed by atoms with Gasteiger partial charge >= 0.3 is 11.9 Å². The van der Waals surface area contributed by atoms with Crippen molar-refractivity contribution in [1.82, 2.24) is 9.13 Å². The zero-order valence-corrected chi connectivity index (χ0v) is 36.1. The van der Waals surface area contributed by atoms with E-state index in [1.807, 2.05) is 78.9 Å². The van der Waals surface area contributed by atoms with Crippen LogP contribution in [0.1, 0.15) is 27.0 Å². The van der Waals surface area contributed by atoms with E-state index in [0.29, 0.717) is 50.4 Å². The molecule has 0 fully saturated rings. The van der Waals surface area contributed by atoms with E-state index >= 15 is 0 Å². The van der Waals surface area contributed by atoms with Crippen molar-refractivity contribution < 1.29 is 38.9 Å². The minimum absolute atomic E-state index is 0.107. The third kappa shape index (κ3) is 9.37. The smallest absolute Gasteiger partial charge is 0.323 e. The van der Waals surface area contributed by atoms with Crippen LogP contribution in [0.15, 0.2) is 163 Å². The number of carbonyl (C=O) groups is 5. The fourth-order valence-electron chi connectivity index (χ4n) is 8.05. The Labute approximate surface area is 388 Å². The summed E-state index contributed by atoms with van der Waals surface area (Å²) in [4.78, 5) is 61.1. The van der Waals surface area contributed by atoms with Gasteiger partial charge in [-0.25, -0.2) is 0 Å². The Balaban J connectivity index is 0.000000184. The van der Waals surface area contributed by atoms with Gasteiger partial charge in [0.15, 0.2) is 5.78 Å². The van der Waals surface area contributed by atoms with Gasteiger partial charge in [0.1, 0.15) is 42.1 Å². The molecule has 14 heteroatoms. The molecular weight excluding hydrogens is 861 g/mol. The van der Waals surface area contributed by atoms with Crippen LogP contribution in [0.4, 0.5) is 11.4 Å². The highest BCUT2D eigenvalue weighted by atomic mass is 16.5. The summed E-state index contributed by atoms with van der Waals surface area (Å²) in [5.41, 5.74) is 7.74. The quantitative estimate of drug-likeness (QED) is 0.0673. The number of benzene rings is 6. The molecule has 2 aromatic heterocycles. The molecule has 14 nitrogen and oxygen atoms in total. The molecule has 0 saturated heterocycles. The summed E-state index contributed by atoms with van der Waals surface area (Å²) >= 11 is 0. The van der Waals surface area contributed by atoms with Gasteiger partial charge in [0.2, 0.25) is 0 Å². The van der Waals surface area contributed by atoms with Gasteiger partial charge in [0.05, 0.1) is 12.8 Å². The number of methoxy groups -OCH3 is 1. The maximum atomic E-state index is 13.0. The lowest BCUT2D eigenvalue weighted by molar-refractivity contribution is -0.138. The number of ketones is 1. The number of aliphatic carboxylic acids is 2. The number of nitrogens with one attached hydrogen (secondary N) is 2. The van der Waals surface area contributed by atoms with Crippen molar-refractivity contribution in [1.29, 1.82) is 10.5 Å². The number of aromatic nitrogens is 2. The number of carbonyl (C=O) groups excluding carboxylic acids is 3. The number of carboxylic acid groups (broad SMARTS) is 2. The number of rotatable bonds is 12. The third-order valence-electron chi connectivity index (χ3n) is 11.1. The molecule has 4 N–H and O–H groups in total. The van der Waals surface area contributed by atoms with E-state index < -0.39 is 23.8 Å². The van der Waals surface area contributed by atoms with Gasteiger partial charge in [-0.2, -0.15) is 10.5 Å². The van der Waals surface area contributed by atoms with Gasteiger partial charge in [0, 0.05) is 62.1 Å². The van der Waals surface area contributed by atoms with Crippen molar-refractivity contribution in [3.05, 3.63) is 185 Å². The predicted molar refractivity (Wildman–Crippen MR) is 257 cm³/mol. The minimum atomic E-state index is -0.997. The van der Waals surface area contributed by atoms with Gasteiger partial charge in [-0.3, -0.25) is 24.0 Å². The molecule has 0 unspecified atom stereocenters. The number of hydrogen-bond donors (Lipinski definition) is 4. The van der Waals surface area contributed by atoms with Crippen LogP contribution in [-0.2, 0) is 32.3 Å². The van der Waals surface area contributed by atoms with Crippen LogP contribution in [0.2, 0.25) is 0 Å². The summed E-state index contributed by atoms with van der Waals surface area (Å²) in [7, 11) is 1.51. The van der Waals surface area contributed by atoms with Crippen LogP contribution in [0.5, 0.6) is 5.75 Å². The molecule has 1 aliphatic rings. The van der Waals surface area contributed by atoms with E-state index in [9.17, 15) is 44.7 Å². The molecule has 9 rings (SSSR count). The highest BCUT2D eigenvalue weighted by Crippen LogP contribution is 2.38. The largest absolute Gasteiger partial charge is 0.495 e. The van der Waals surface area contributed by atoms with E-state index in [0.717, 1.165) is 33.0 Å². The number of hydrogen-bond acceptors (Lipinski definition) is 8. The second-order valence-electron chi connectivity index (χ2n) is 15.4. The first-order valence-electron chi connectivity index (χ1n) is 20.9. The topological polar surface area (TPSA) is 217 Å². The molecule has 0 saturated carbocycles. The summed E-state index contributed by atoms with van der Waals surface area (Å²) in [5.74, 6) is -2.85. The second kappa shape index (κ2) is 19.5. The number of ether oxygens (including phenoxy) is 1. The molecule has 0 spiro atoms. The molecule has 6 aromatic carbocycles. The number of anilines is 2. The van der Waals surface area contributed by atoms with Gasteiger partial charge in [0.25, 0.3) is 11.8 Å². The number of nitriles is 2. The summed E-state index contributed by atoms with van der Waals surface area (Å²) in [5, 5.41) is 44.7. The van der Waals surface area contributed by atoms with E-state index in [1.165, 1.54) is 19.3 Å². The summed E-state index contributed by atoms with van der Waals surface area (Å²) in [6.07, 6.45) is 6.13. The van der Waals surface area contributed by atoms with Crippen LogP contribution in [0, 0.1) is 22.7 Å². The van der Waals surface area contributed by atoms with Crippen LogP contribution in [0.3, 0.4) is 0 Å². The van der Waals surface area contributed by atoms with Crippen LogP contribution < -0.4 is 15.4 Å². The lowest BCUT2D eigenvalue weighted by Gasteiger charge is -2.12. The van der Waals surface area contributed by atoms with Gasteiger partial charge in [-0.15, -0.1) is 0 Å². The molecule has 2 heterocycles. The lowest BCUT2D eigenvalue weighted by atomic mass is 10.0. The Morgan fingerprint density at radius 2 is 1.10 bits per heavy atom. The molecule has 0 atom stereocenters. The Bertz CT molecular complexity index is 3490. The lowest BCUT2D eigenvalue weighted by Crippen LogP contribution is -2.14. The van der Waals surface area contributed by atoms with Crippen molar-refractivity contribution in [3.63, 3.8) is 0 Å². The normalized spacial score (nSPS) is 11.7. The van der Waals surface area contributed by atoms with Crippen molar-refractivity contribution >= 4 is 74.9 Å². The van der Waals surface area contributed by atoms with Gasteiger partial charge < -0.3 is 34.7 Å². The highest BCUT2D eigenvalue weighted by Gasteiger charge is 2.27. The Morgan fingerprint density at radius 1 is 0.588 bits per heavy atom. The molecule has 332 valence electrons. The highest BCUT2D eigenvalue weighted by molar-refractivity contribution is 6.22. The Hall–Kier alpha value is -9.79. The van der Waals surface area contributed by atoms with Crippen molar-refractivity contribution in [2.75, 3.05) is 17.7 Å². The SMILES string of the molecule is COc1ccc(-c2ccccc2)cc1NC(=O)C(C#N)=Cc1cn(CC(=O)O)c2ccccc12.N#CC(=Cc1cn(CC(=O)O)c2ccccc12)C(=O)Nc1ccc2c(c1)C(=O)c1ccccc1-2. The number of amides is 2. The van der Waals surface area contributed by atoms with Crippen molar-refractivity contribution in [2.24, 2.45) is 0 Å². The molecular formula is C54H38N6O8. The van der Waals surface area contributed by atoms with Crippen LogP contribution in [0.25, 0.3) is 56.2 Å². The first-order chi connectivity index (χ1) is 33.0. The average Bonchev–Trinajstić information content (AvgIpc) is 3.97. The summed E-state index contributed by atoms with van der Waals surface area (Å²) in [6, 6.07) is 45.8. The number of para-hydroxylation sites is 2. The monoisotopic (exact) mass is 898 g/mol. The molecule has 1 aliphatic carbocycles. The Kier molecular flexibility index (Phi) is 12.9. The number of carboxylic acids is 2. The third-order valence-corrected chi connectivity index (χ3v) is 11.1. The standard InChI is InChI=1S/C27H17N3O4.C27H21N3O4/c28-13-16(11-17-14-30(15-25(31)32)24-8-4-3-5-19(17)24)27(34)29-18-9-10-21-20-6-1-2-7-22(20)26(33)23(21)12-18;1-34-25-12-11-19(18-7-3-2-4-8-18)14-23(25)29-27(33)20(15-28)13-21-16-30(17-26(31)32)24-10-6-5-9-22(21)24/h1-12,14H,15H2,(H,29,34)(H,31,32);2-14,16H,17H2,1H3,(H,29,33)(H,31,32).